The van der Waals surface area contributed by atoms with Crippen LogP contribution in [-0.4, -0.2) is 12.1 Å². The van der Waals surface area contributed by atoms with E-state index in [9.17, 15) is 0 Å². The molecule has 0 aliphatic rings. The molecule has 82 valence electrons. The van der Waals surface area contributed by atoms with Gasteiger partial charge in [-0.1, -0.05) is 17.8 Å². The predicted molar refractivity (Wildman–Crippen MR) is 66.1 cm³/mol. The summed E-state index contributed by atoms with van der Waals surface area (Å²) in [7, 11) is 1.67. The van der Waals surface area contributed by atoms with Gasteiger partial charge in [-0.25, -0.2) is 4.98 Å². The van der Waals surface area contributed by atoms with Gasteiger partial charge in [0.25, 0.3) is 0 Å². The van der Waals surface area contributed by atoms with Crippen LogP contribution in [0.3, 0.4) is 0 Å². The summed E-state index contributed by atoms with van der Waals surface area (Å²) < 4.78 is 5.11. The van der Waals surface area contributed by atoms with Gasteiger partial charge in [0, 0.05) is 11.1 Å². The lowest BCUT2D eigenvalue weighted by molar-refractivity contribution is 0.414. The largest absolute Gasteiger partial charge is 0.497 e. The summed E-state index contributed by atoms with van der Waals surface area (Å²) in [6, 6.07) is 12.1. The number of ether oxygens (including phenoxy) is 1. The van der Waals surface area contributed by atoms with Crippen LogP contribution >= 0.6 is 11.8 Å². The number of pyridine rings is 1. The maximum atomic E-state index is 5.11. The van der Waals surface area contributed by atoms with E-state index < -0.39 is 0 Å². The van der Waals surface area contributed by atoms with Crippen LogP contribution in [0, 0.1) is 6.92 Å². The number of hydrogen-bond donors (Lipinski definition) is 0. The van der Waals surface area contributed by atoms with Gasteiger partial charge in [0.2, 0.25) is 0 Å². The van der Waals surface area contributed by atoms with Gasteiger partial charge in [0.1, 0.15) is 10.8 Å². The topological polar surface area (TPSA) is 22.1 Å². The molecule has 0 unspecified atom stereocenters. The summed E-state index contributed by atoms with van der Waals surface area (Å²) in [5.41, 5.74) is 1.18. The fraction of sp³-hybridized carbons (Fsp3) is 0.154. The number of rotatable bonds is 3. The van der Waals surface area contributed by atoms with Crippen LogP contribution in [0.2, 0.25) is 0 Å². The first kappa shape index (κ1) is 11.0. The first-order valence-electron chi connectivity index (χ1n) is 5.02. The van der Waals surface area contributed by atoms with Crippen LogP contribution in [0.1, 0.15) is 5.56 Å². The third kappa shape index (κ3) is 2.76. The first-order chi connectivity index (χ1) is 7.78. The fourth-order valence-corrected chi connectivity index (χ4v) is 2.03. The van der Waals surface area contributed by atoms with Crippen LogP contribution in [0.5, 0.6) is 5.75 Å². The smallest absolute Gasteiger partial charge is 0.118 e. The van der Waals surface area contributed by atoms with Gasteiger partial charge >= 0.3 is 0 Å². The van der Waals surface area contributed by atoms with Crippen molar-refractivity contribution in [1.29, 1.82) is 0 Å². The van der Waals surface area contributed by atoms with Crippen molar-refractivity contribution in [2.45, 2.75) is 16.8 Å². The molecular weight excluding hydrogens is 218 g/mol. The molecule has 1 heterocycles. The van der Waals surface area contributed by atoms with E-state index in [1.54, 1.807) is 18.9 Å². The second-order valence-electron chi connectivity index (χ2n) is 3.45. The van der Waals surface area contributed by atoms with E-state index in [0.717, 1.165) is 15.7 Å². The van der Waals surface area contributed by atoms with E-state index in [1.807, 2.05) is 43.5 Å². The fourth-order valence-electron chi connectivity index (χ4n) is 1.28. The molecule has 0 radical (unpaired) electrons. The van der Waals surface area contributed by atoms with Crippen molar-refractivity contribution in [1.82, 2.24) is 4.98 Å². The molecule has 0 atom stereocenters. The molecule has 0 amide bonds. The first-order valence-corrected chi connectivity index (χ1v) is 5.84. The molecular formula is C13H13NOS. The molecule has 0 bridgehead atoms. The van der Waals surface area contributed by atoms with Gasteiger partial charge in [-0.15, -0.1) is 0 Å². The maximum absolute atomic E-state index is 5.11. The zero-order valence-corrected chi connectivity index (χ0v) is 10.1. The second-order valence-corrected chi connectivity index (χ2v) is 4.55. The number of aromatic nitrogens is 1. The van der Waals surface area contributed by atoms with Crippen LogP contribution in [-0.2, 0) is 0 Å². The summed E-state index contributed by atoms with van der Waals surface area (Å²) in [5, 5.41) is 1.01. The molecule has 0 aliphatic heterocycles. The number of hydrogen-bond acceptors (Lipinski definition) is 3. The zero-order valence-electron chi connectivity index (χ0n) is 9.31. The minimum atomic E-state index is 0.876. The Kier molecular flexibility index (Phi) is 3.47. The molecule has 16 heavy (non-hydrogen) atoms. The van der Waals surface area contributed by atoms with Gasteiger partial charge in [-0.3, -0.25) is 0 Å². The van der Waals surface area contributed by atoms with Crippen LogP contribution in [0.15, 0.2) is 52.5 Å². The highest BCUT2D eigenvalue weighted by atomic mass is 32.2. The molecule has 0 aliphatic carbocycles. The van der Waals surface area contributed by atoms with Crippen LogP contribution in [0.4, 0.5) is 0 Å². The Labute approximate surface area is 99.7 Å². The Hall–Kier alpha value is -1.48. The average molecular weight is 231 g/mol. The molecule has 2 aromatic rings. The van der Waals surface area contributed by atoms with Crippen LogP contribution < -0.4 is 4.74 Å². The Morgan fingerprint density at radius 3 is 2.38 bits per heavy atom. The molecule has 3 heteroatoms. The highest BCUT2D eigenvalue weighted by Gasteiger charge is 1.98. The third-order valence-electron chi connectivity index (χ3n) is 2.17. The van der Waals surface area contributed by atoms with Crippen molar-refractivity contribution >= 4 is 11.8 Å². The molecule has 0 N–H and O–H groups in total. The average Bonchev–Trinajstić information content (AvgIpc) is 2.33. The van der Waals surface area contributed by atoms with Gasteiger partial charge in [0.15, 0.2) is 0 Å². The molecule has 0 saturated heterocycles. The maximum Gasteiger partial charge on any atom is 0.118 e. The van der Waals surface area contributed by atoms with Crippen molar-refractivity contribution in [3.8, 4) is 5.75 Å². The van der Waals surface area contributed by atoms with Crippen LogP contribution in [0.25, 0.3) is 0 Å². The van der Waals surface area contributed by atoms with Gasteiger partial charge in [0.05, 0.1) is 7.11 Å². The number of nitrogens with zero attached hydrogens (tertiary/aromatic N) is 1. The van der Waals surface area contributed by atoms with E-state index in [1.165, 1.54) is 5.56 Å². The van der Waals surface area contributed by atoms with E-state index in [-0.39, 0.29) is 0 Å². The summed E-state index contributed by atoms with van der Waals surface area (Å²) in [6.45, 7) is 2.04. The van der Waals surface area contributed by atoms with Crippen molar-refractivity contribution in [3.63, 3.8) is 0 Å². The van der Waals surface area contributed by atoms with Gasteiger partial charge in [-0.05, 0) is 42.8 Å². The van der Waals surface area contributed by atoms with Gasteiger partial charge in [-0.2, -0.15) is 0 Å². The number of benzene rings is 1. The van der Waals surface area contributed by atoms with E-state index in [4.69, 9.17) is 4.74 Å². The highest BCUT2D eigenvalue weighted by molar-refractivity contribution is 7.99. The number of methoxy groups -OCH3 is 1. The molecule has 2 nitrogen and oxygen atoms in total. The molecule has 1 aromatic heterocycles. The molecule has 2 rings (SSSR count). The summed E-state index contributed by atoms with van der Waals surface area (Å²) in [6.07, 6.45) is 1.88. The minimum absolute atomic E-state index is 0.876. The highest BCUT2D eigenvalue weighted by Crippen LogP contribution is 2.27. The Bertz CT molecular complexity index is 450. The van der Waals surface area contributed by atoms with E-state index in [2.05, 4.69) is 11.1 Å². The lowest BCUT2D eigenvalue weighted by atomic mass is 10.3. The SMILES string of the molecule is COc1ccc(Sc2ccc(C)cn2)cc1. The lowest BCUT2D eigenvalue weighted by Gasteiger charge is -2.03. The molecule has 1 aromatic carbocycles. The van der Waals surface area contributed by atoms with Crippen molar-refractivity contribution < 1.29 is 4.74 Å². The van der Waals surface area contributed by atoms with Crippen molar-refractivity contribution in [3.05, 3.63) is 48.2 Å². The minimum Gasteiger partial charge on any atom is -0.497 e. The summed E-state index contributed by atoms with van der Waals surface area (Å²) in [5.74, 6) is 0.876. The Morgan fingerprint density at radius 1 is 1.06 bits per heavy atom. The quantitative estimate of drug-likeness (QED) is 0.806. The molecule has 0 saturated carbocycles. The van der Waals surface area contributed by atoms with Crippen molar-refractivity contribution in [2.75, 3.05) is 7.11 Å². The molecule has 0 spiro atoms. The Morgan fingerprint density at radius 2 is 1.81 bits per heavy atom. The zero-order chi connectivity index (χ0) is 11.4. The standard InChI is InChI=1S/C13H13NOS/c1-10-3-8-13(14-9-10)16-12-6-4-11(15-2)5-7-12/h3-9H,1-2H3. The predicted octanol–water partition coefficient (Wildman–Crippen LogP) is 3.55. The second kappa shape index (κ2) is 5.03. The third-order valence-corrected chi connectivity index (χ3v) is 3.12. The summed E-state index contributed by atoms with van der Waals surface area (Å²) >= 11 is 1.65. The van der Waals surface area contributed by atoms with E-state index in [0.29, 0.717) is 0 Å². The normalized spacial score (nSPS) is 10.1. The lowest BCUT2D eigenvalue weighted by Crippen LogP contribution is -1.83. The van der Waals surface area contributed by atoms with Crippen molar-refractivity contribution in [2.24, 2.45) is 0 Å². The van der Waals surface area contributed by atoms with Gasteiger partial charge < -0.3 is 4.74 Å². The number of aryl methyl sites for hydroxylation is 1. The Balaban J connectivity index is 2.11. The van der Waals surface area contributed by atoms with E-state index >= 15 is 0 Å². The monoisotopic (exact) mass is 231 g/mol. The molecule has 0 fully saturated rings. The summed E-state index contributed by atoms with van der Waals surface area (Å²) in [4.78, 5) is 5.51.